The summed E-state index contributed by atoms with van der Waals surface area (Å²) in [4.78, 5) is 13.8. The monoisotopic (exact) mass is 311 g/mol. The predicted molar refractivity (Wildman–Crippen MR) is 95.0 cm³/mol. The molecule has 0 radical (unpaired) electrons. The number of benzene rings is 2. The number of hydrogen-bond acceptors (Lipinski definition) is 3. The second kappa shape index (κ2) is 7.89. The molecular weight excluding hydrogens is 290 g/mol. The largest absolute Gasteiger partial charge is 0.497 e. The smallest absolute Gasteiger partial charge is 0.323 e. The number of nitrogens with one attached hydrogen (secondary N) is 2. The maximum atomic E-state index is 11.8. The molecule has 2 aromatic carbocycles. The normalized spacial score (nSPS) is 10.4. The second-order valence-electron chi connectivity index (χ2n) is 5.15. The zero-order valence-electron chi connectivity index (χ0n) is 13.5. The lowest BCUT2D eigenvalue weighted by molar-refractivity contribution is 0.255. The van der Waals surface area contributed by atoms with Crippen molar-refractivity contribution in [1.29, 1.82) is 0 Å². The van der Waals surface area contributed by atoms with Crippen molar-refractivity contribution in [3.63, 3.8) is 0 Å². The first-order valence-corrected chi connectivity index (χ1v) is 7.24. The van der Waals surface area contributed by atoms with E-state index in [2.05, 4.69) is 10.6 Å². The Morgan fingerprint density at radius 2 is 1.70 bits per heavy atom. The highest BCUT2D eigenvalue weighted by Gasteiger charge is 2.00. The van der Waals surface area contributed by atoms with Gasteiger partial charge in [-0.2, -0.15) is 0 Å². The number of urea groups is 1. The molecular formula is C18H21N3O2. The van der Waals surface area contributed by atoms with Crippen LogP contribution in [-0.2, 0) is 0 Å². The average molecular weight is 311 g/mol. The van der Waals surface area contributed by atoms with Crippen LogP contribution in [0.3, 0.4) is 0 Å². The molecule has 120 valence electrons. The highest BCUT2D eigenvalue weighted by atomic mass is 16.5. The Morgan fingerprint density at radius 1 is 1.04 bits per heavy atom. The van der Waals surface area contributed by atoms with Gasteiger partial charge >= 0.3 is 6.03 Å². The van der Waals surface area contributed by atoms with Gasteiger partial charge in [-0.1, -0.05) is 12.1 Å². The molecule has 0 aliphatic carbocycles. The molecule has 5 nitrogen and oxygen atoms in total. The van der Waals surface area contributed by atoms with Crippen molar-refractivity contribution in [2.24, 2.45) is 0 Å². The van der Waals surface area contributed by atoms with Gasteiger partial charge in [-0.05, 0) is 48.0 Å². The SMILES string of the molecule is COc1ccc(/C=C/NC(=O)Nc2ccc(N(C)C)cc2)cc1. The number of amides is 2. The van der Waals surface area contributed by atoms with Crippen LogP contribution in [0.5, 0.6) is 5.75 Å². The predicted octanol–water partition coefficient (Wildman–Crippen LogP) is 3.55. The Bertz CT molecular complexity index is 662. The molecule has 0 saturated heterocycles. The summed E-state index contributed by atoms with van der Waals surface area (Å²) in [5, 5.41) is 5.45. The summed E-state index contributed by atoms with van der Waals surface area (Å²) in [6.45, 7) is 0. The minimum absolute atomic E-state index is 0.285. The van der Waals surface area contributed by atoms with Gasteiger partial charge in [0.25, 0.3) is 0 Å². The van der Waals surface area contributed by atoms with Crippen LogP contribution in [0.4, 0.5) is 16.2 Å². The van der Waals surface area contributed by atoms with Crippen LogP contribution in [0.1, 0.15) is 5.56 Å². The van der Waals surface area contributed by atoms with Crippen LogP contribution in [0, 0.1) is 0 Å². The average Bonchev–Trinajstić information content (AvgIpc) is 2.56. The fourth-order valence-corrected chi connectivity index (χ4v) is 1.94. The summed E-state index contributed by atoms with van der Waals surface area (Å²) in [7, 11) is 5.57. The molecule has 0 fully saturated rings. The lowest BCUT2D eigenvalue weighted by Crippen LogP contribution is -2.23. The van der Waals surface area contributed by atoms with E-state index in [1.165, 1.54) is 0 Å². The Labute approximate surface area is 136 Å². The van der Waals surface area contributed by atoms with Crippen LogP contribution in [0.15, 0.2) is 54.7 Å². The summed E-state index contributed by atoms with van der Waals surface area (Å²) in [6, 6.07) is 14.9. The van der Waals surface area contributed by atoms with E-state index >= 15 is 0 Å². The van der Waals surface area contributed by atoms with Crippen molar-refractivity contribution in [2.45, 2.75) is 0 Å². The third-order valence-corrected chi connectivity index (χ3v) is 3.25. The van der Waals surface area contributed by atoms with E-state index in [1.807, 2.05) is 73.6 Å². The number of methoxy groups -OCH3 is 1. The number of anilines is 2. The molecule has 0 atom stereocenters. The first-order chi connectivity index (χ1) is 11.1. The number of hydrogen-bond donors (Lipinski definition) is 2. The molecule has 0 aliphatic rings. The second-order valence-corrected chi connectivity index (χ2v) is 5.15. The van der Waals surface area contributed by atoms with E-state index in [1.54, 1.807) is 13.3 Å². The third kappa shape index (κ3) is 5.07. The van der Waals surface area contributed by atoms with E-state index in [0.29, 0.717) is 0 Å². The first-order valence-electron chi connectivity index (χ1n) is 7.24. The Balaban J connectivity index is 1.85. The molecule has 0 aliphatic heterocycles. The van der Waals surface area contributed by atoms with E-state index < -0.39 is 0 Å². The fraction of sp³-hybridized carbons (Fsp3) is 0.167. The highest BCUT2D eigenvalue weighted by Crippen LogP contribution is 2.15. The van der Waals surface area contributed by atoms with E-state index in [9.17, 15) is 4.79 Å². The Kier molecular flexibility index (Phi) is 5.63. The summed E-state index contributed by atoms with van der Waals surface area (Å²) >= 11 is 0. The molecule has 23 heavy (non-hydrogen) atoms. The van der Waals surface area contributed by atoms with Crippen LogP contribution in [0.25, 0.3) is 6.08 Å². The summed E-state index contributed by atoms with van der Waals surface area (Å²) in [5.74, 6) is 0.800. The third-order valence-electron chi connectivity index (χ3n) is 3.25. The summed E-state index contributed by atoms with van der Waals surface area (Å²) in [5.41, 5.74) is 2.79. The highest BCUT2D eigenvalue weighted by molar-refractivity contribution is 5.90. The van der Waals surface area contributed by atoms with Gasteiger partial charge in [0.2, 0.25) is 0 Å². The standard InChI is InChI=1S/C18H21N3O2/c1-21(2)16-8-6-15(7-9-16)20-18(22)19-13-12-14-4-10-17(23-3)11-5-14/h4-13H,1-3H3,(H2,19,20,22)/b13-12+. The molecule has 0 heterocycles. The number of nitrogens with zero attached hydrogens (tertiary/aromatic N) is 1. The molecule has 2 rings (SSSR count). The minimum atomic E-state index is -0.285. The van der Waals surface area contributed by atoms with Gasteiger partial charge in [0.05, 0.1) is 7.11 Å². The number of ether oxygens (including phenoxy) is 1. The molecule has 2 amide bonds. The Hall–Kier alpha value is -2.95. The van der Waals surface area contributed by atoms with Crippen molar-refractivity contribution in [1.82, 2.24) is 5.32 Å². The zero-order chi connectivity index (χ0) is 16.7. The zero-order valence-corrected chi connectivity index (χ0v) is 13.5. The molecule has 2 N–H and O–H groups in total. The van der Waals surface area contributed by atoms with Crippen molar-refractivity contribution in [3.05, 3.63) is 60.3 Å². The van der Waals surface area contributed by atoms with Crippen LogP contribution in [0.2, 0.25) is 0 Å². The first kappa shape index (κ1) is 16.4. The van der Waals surface area contributed by atoms with Crippen molar-refractivity contribution in [3.8, 4) is 5.75 Å². The maximum absolute atomic E-state index is 11.8. The van der Waals surface area contributed by atoms with Crippen LogP contribution in [-0.4, -0.2) is 27.2 Å². The lowest BCUT2D eigenvalue weighted by Gasteiger charge is -2.12. The van der Waals surface area contributed by atoms with Gasteiger partial charge in [0.15, 0.2) is 0 Å². The van der Waals surface area contributed by atoms with Gasteiger partial charge in [-0.25, -0.2) is 4.79 Å². The molecule has 0 aromatic heterocycles. The molecule has 2 aromatic rings. The van der Waals surface area contributed by atoms with Crippen molar-refractivity contribution in [2.75, 3.05) is 31.4 Å². The number of carbonyl (C=O) groups is 1. The summed E-state index contributed by atoms with van der Waals surface area (Å²) < 4.78 is 5.09. The number of rotatable bonds is 5. The van der Waals surface area contributed by atoms with Gasteiger partial charge in [0, 0.05) is 31.7 Å². The van der Waals surface area contributed by atoms with E-state index in [-0.39, 0.29) is 6.03 Å². The van der Waals surface area contributed by atoms with Gasteiger partial charge in [-0.3, -0.25) is 0 Å². The molecule has 0 unspecified atom stereocenters. The molecule has 0 bridgehead atoms. The van der Waals surface area contributed by atoms with Crippen molar-refractivity contribution < 1.29 is 9.53 Å². The van der Waals surface area contributed by atoms with E-state index in [0.717, 1.165) is 22.7 Å². The van der Waals surface area contributed by atoms with Gasteiger partial charge in [0.1, 0.15) is 5.75 Å². The quantitative estimate of drug-likeness (QED) is 0.888. The Morgan fingerprint density at radius 3 is 2.26 bits per heavy atom. The van der Waals surface area contributed by atoms with Crippen LogP contribution < -0.4 is 20.3 Å². The maximum Gasteiger partial charge on any atom is 0.323 e. The lowest BCUT2D eigenvalue weighted by atomic mass is 10.2. The number of carbonyl (C=O) groups excluding carboxylic acids is 1. The molecule has 0 saturated carbocycles. The van der Waals surface area contributed by atoms with Crippen molar-refractivity contribution >= 4 is 23.5 Å². The minimum Gasteiger partial charge on any atom is -0.497 e. The van der Waals surface area contributed by atoms with E-state index in [4.69, 9.17) is 4.74 Å². The van der Waals surface area contributed by atoms with Crippen LogP contribution >= 0.6 is 0 Å². The summed E-state index contributed by atoms with van der Waals surface area (Å²) in [6.07, 6.45) is 3.42. The molecule has 5 heteroatoms. The topological polar surface area (TPSA) is 53.6 Å². The van der Waals surface area contributed by atoms with Gasteiger partial charge in [-0.15, -0.1) is 0 Å². The van der Waals surface area contributed by atoms with Gasteiger partial charge < -0.3 is 20.3 Å². The fourth-order valence-electron chi connectivity index (χ4n) is 1.94. The molecule has 0 spiro atoms.